The zero-order chi connectivity index (χ0) is 11.5. The standard InChI is InChI=1S/C12H10ClN3/c1-8-11(5-6-14)16-12(15-8)9-3-2-4-10(13)7-9/h2-4,7H,5H2,1H3,(H,15,16). The van der Waals surface area contributed by atoms with Gasteiger partial charge in [0.05, 0.1) is 18.2 Å². The molecule has 1 heterocycles. The lowest BCUT2D eigenvalue weighted by Crippen LogP contribution is -1.84. The lowest BCUT2D eigenvalue weighted by molar-refractivity contribution is 1.12. The van der Waals surface area contributed by atoms with E-state index in [-0.39, 0.29) is 0 Å². The Hall–Kier alpha value is -1.79. The smallest absolute Gasteiger partial charge is 0.137 e. The number of aromatic amines is 1. The van der Waals surface area contributed by atoms with E-state index in [9.17, 15) is 0 Å². The summed E-state index contributed by atoms with van der Waals surface area (Å²) in [4.78, 5) is 7.53. The molecule has 1 aromatic carbocycles. The van der Waals surface area contributed by atoms with Crippen LogP contribution in [0.2, 0.25) is 5.02 Å². The van der Waals surface area contributed by atoms with E-state index >= 15 is 0 Å². The third-order valence-electron chi connectivity index (χ3n) is 2.33. The predicted molar refractivity (Wildman–Crippen MR) is 63.1 cm³/mol. The highest BCUT2D eigenvalue weighted by molar-refractivity contribution is 6.30. The number of hydrogen-bond donors (Lipinski definition) is 1. The van der Waals surface area contributed by atoms with Gasteiger partial charge in [-0.15, -0.1) is 0 Å². The summed E-state index contributed by atoms with van der Waals surface area (Å²) in [6.07, 6.45) is 0.322. The Bertz CT molecular complexity index is 552. The minimum atomic E-state index is 0.322. The summed E-state index contributed by atoms with van der Waals surface area (Å²) < 4.78 is 0. The van der Waals surface area contributed by atoms with Crippen LogP contribution in [0, 0.1) is 18.3 Å². The van der Waals surface area contributed by atoms with Crippen molar-refractivity contribution in [2.24, 2.45) is 0 Å². The molecule has 1 N–H and O–H groups in total. The Morgan fingerprint density at radius 3 is 3.00 bits per heavy atom. The fraction of sp³-hybridized carbons (Fsp3) is 0.167. The van der Waals surface area contributed by atoms with Crippen LogP contribution in [0.15, 0.2) is 24.3 Å². The molecule has 0 aliphatic carbocycles. The second kappa shape index (κ2) is 4.38. The van der Waals surface area contributed by atoms with Crippen molar-refractivity contribution in [1.29, 1.82) is 5.26 Å². The Balaban J connectivity index is 2.42. The molecule has 0 radical (unpaired) electrons. The lowest BCUT2D eigenvalue weighted by atomic mass is 10.2. The first-order valence-electron chi connectivity index (χ1n) is 4.89. The van der Waals surface area contributed by atoms with Gasteiger partial charge in [0.25, 0.3) is 0 Å². The number of rotatable bonds is 2. The molecule has 0 fully saturated rings. The number of aryl methyl sites for hydroxylation is 1. The van der Waals surface area contributed by atoms with E-state index in [1.807, 2.05) is 31.2 Å². The number of imidazole rings is 1. The molecule has 0 atom stereocenters. The van der Waals surface area contributed by atoms with Crippen LogP contribution in [0.25, 0.3) is 11.4 Å². The Morgan fingerprint density at radius 1 is 1.50 bits per heavy atom. The predicted octanol–water partition coefficient (Wildman–Crippen LogP) is 3.10. The van der Waals surface area contributed by atoms with Crippen LogP contribution in [0.3, 0.4) is 0 Å². The van der Waals surface area contributed by atoms with Crippen molar-refractivity contribution in [3.63, 3.8) is 0 Å². The maximum atomic E-state index is 8.64. The maximum Gasteiger partial charge on any atom is 0.137 e. The zero-order valence-corrected chi connectivity index (χ0v) is 9.54. The molecule has 0 unspecified atom stereocenters. The summed E-state index contributed by atoms with van der Waals surface area (Å²) in [6, 6.07) is 9.56. The first-order chi connectivity index (χ1) is 7.70. The molecule has 3 nitrogen and oxygen atoms in total. The quantitative estimate of drug-likeness (QED) is 0.864. The number of aromatic nitrogens is 2. The van der Waals surface area contributed by atoms with Gasteiger partial charge in [0.1, 0.15) is 5.82 Å². The van der Waals surface area contributed by atoms with Crippen LogP contribution in [0.4, 0.5) is 0 Å². The van der Waals surface area contributed by atoms with Crippen molar-refractivity contribution in [3.8, 4) is 17.5 Å². The summed E-state index contributed by atoms with van der Waals surface area (Å²) in [5.74, 6) is 0.755. The van der Waals surface area contributed by atoms with E-state index < -0.39 is 0 Å². The van der Waals surface area contributed by atoms with Gasteiger partial charge in [0, 0.05) is 16.3 Å². The van der Waals surface area contributed by atoms with Crippen molar-refractivity contribution >= 4 is 11.6 Å². The fourth-order valence-corrected chi connectivity index (χ4v) is 1.71. The number of H-pyrrole nitrogens is 1. The van der Waals surface area contributed by atoms with E-state index in [0.717, 1.165) is 22.8 Å². The number of nitrogens with one attached hydrogen (secondary N) is 1. The Morgan fingerprint density at radius 2 is 2.31 bits per heavy atom. The van der Waals surface area contributed by atoms with Crippen LogP contribution in [-0.4, -0.2) is 9.97 Å². The summed E-state index contributed by atoms with van der Waals surface area (Å²) in [6.45, 7) is 1.91. The average molecular weight is 232 g/mol. The molecule has 4 heteroatoms. The van der Waals surface area contributed by atoms with Gasteiger partial charge in [-0.25, -0.2) is 4.98 Å². The number of hydrogen-bond acceptors (Lipinski definition) is 2. The molecule has 1 aromatic heterocycles. The molecule has 0 amide bonds. The molecule has 16 heavy (non-hydrogen) atoms. The topological polar surface area (TPSA) is 52.5 Å². The van der Waals surface area contributed by atoms with Crippen molar-refractivity contribution in [1.82, 2.24) is 9.97 Å². The van der Waals surface area contributed by atoms with Crippen LogP contribution in [-0.2, 0) is 6.42 Å². The summed E-state index contributed by atoms with van der Waals surface area (Å²) >= 11 is 5.91. The maximum absolute atomic E-state index is 8.64. The van der Waals surface area contributed by atoms with Gasteiger partial charge in [0.15, 0.2) is 0 Å². The molecule has 2 aromatic rings. The van der Waals surface area contributed by atoms with Gasteiger partial charge in [-0.2, -0.15) is 5.26 Å². The minimum absolute atomic E-state index is 0.322. The number of nitrogens with zero attached hydrogens (tertiary/aromatic N) is 2. The highest BCUT2D eigenvalue weighted by atomic mass is 35.5. The molecule has 0 aliphatic rings. The molecule has 0 aliphatic heterocycles. The van der Waals surface area contributed by atoms with Crippen LogP contribution < -0.4 is 0 Å². The van der Waals surface area contributed by atoms with Crippen molar-refractivity contribution in [3.05, 3.63) is 40.7 Å². The zero-order valence-electron chi connectivity index (χ0n) is 8.79. The molecule has 80 valence electrons. The third kappa shape index (κ3) is 2.07. The largest absolute Gasteiger partial charge is 0.342 e. The normalized spacial score (nSPS) is 10.1. The van der Waals surface area contributed by atoms with Crippen molar-refractivity contribution in [2.75, 3.05) is 0 Å². The second-order valence-electron chi connectivity index (χ2n) is 3.50. The Labute approximate surface area is 98.7 Å². The van der Waals surface area contributed by atoms with Gasteiger partial charge in [-0.3, -0.25) is 0 Å². The van der Waals surface area contributed by atoms with Crippen LogP contribution in [0.1, 0.15) is 11.4 Å². The molecule has 0 saturated carbocycles. The summed E-state index contributed by atoms with van der Waals surface area (Å²) in [5, 5.41) is 9.32. The van der Waals surface area contributed by atoms with Gasteiger partial charge in [-0.1, -0.05) is 23.7 Å². The molecule has 0 bridgehead atoms. The third-order valence-corrected chi connectivity index (χ3v) is 2.57. The monoisotopic (exact) mass is 231 g/mol. The lowest BCUT2D eigenvalue weighted by Gasteiger charge is -1.96. The van der Waals surface area contributed by atoms with Crippen molar-refractivity contribution < 1.29 is 0 Å². The fourth-order valence-electron chi connectivity index (χ4n) is 1.52. The SMILES string of the molecule is Cc1[nH]c(-c2cccc(Cl)c2)nc1CC#N. The van der Waals surface area contributed by atoms with Gasteiger partial charge in [0.2, 0.25) is 0 Å². The highest BCUT2D eigenvalue weighted by Crippen LogP contribution is 2.21. The molecule has 2 rings (SSSR count). The summed E-state index contributed by atoms with van der Waals surface area (Å²) in [7, 11) is 0. The van der Waals surface area contributed by atoms with Crippen LogP contribution >= 0.6 is 11.6 Å². The summed E-state index contributed by atoms with van der Waals surface area (Å²) in [5.41, 5.74) is 2.65. The molecular weight excluding hydrogens is 222 g/mol. The molecular formula is C12H10ClN3. The van der Waals surface area contributed by atoms with Crippen molar-refractivity contribution in [2.45, 2.75) is 13.3 Å². The van der Waals surface area contributed by atoms with Crippen LogP contribution in [0.5, 0.6) is 0 Å². The second-order valence-corrected chi connectivity index (χ2v) is 3.94. The Kier molecular flexibility index (Phi) is 2.93. The average Bonchev–Trinajstić information content (AvgIpc) is 2.61. The highest BCUT2D eigenvalue weighted by Gasteiger charge is 2.08. The number of halogens is 1. The first-order valence-corrected chi connectivity index (χ1v) is 5.27. The minimum Gasteiger partial charge on any atom is -0.342 e. The van der Waals surface area contributed by atoms with E-state index in [2.05, 4.69) is 16.0 Å². The van der Waals surface area contributed by atoms with Gasteiger partial charge < -0.3 is 4.98 Å². The van der Waals surface area contributed by atoms with E-state index in [1.54, 1.807) is 0 Å². The molecule has 0 spiro atoms. The van der Waals surface area contributed by atoms with Gasteiger partial charge in [-0.05, 0) is 19.1 Å². The van der Waals surface area contributed by atoms with E-state index in [0.29, 0.717) is 11.4 Å². The van der Waals surface area contributed by atoms with E-state index in [1.165, 1.54) is 0 Å². The molecule has 0 saturated heterocycles. The van der Waals surface area contributed by atoms with E-state index in [4.69, 9.17) is 16.9 Å². The number of nitriles is 1. The van der Waals surface area contributed by atoms with Gasteiger partial charge >= 0.3 is 0 Å². The number of benzene rings is 1. The first kappa shape index (κ1) is 10.7.